The number of carbonyl (C=O) groups excluding carboxylic acids is 1. The van der Waals surface area contributed by atoms with Crippen LogP contribution < -0.4 is 5.73 Å². The quantitative estimate of drug-likeness (QED) is 0.534. The van der Waals surface area contributed by atoms with Crippen LogP contribution in [-0.4, -0.2) is 35.8 Å². The van der Waals surface area contributed by atoms with Crippen molar-refractivity contribution in [1.82, 2.24) is 29.9 Å². The van der Waals surface area contributed by atoms with Gasteiger partial charge in [0.05, 0.1) is 33.4 Å². The largest absolute Gasteiger partial charge is 0.366 e. The number of H-pyrrole nitrogens is 1. The molecule has 1 aliphatic carbocycles. The molecule has 1 fully saturated rings. The number of aromatic amines is 1. The van der Waals surface area contributed by atoms with Crippen LogP contribution in [0.4, 0.5) is 0 Å². The van der Waals surface area contributed by atoms with E-state index in [9.17, 15) is 4.79 Å². The molecule has 0 bridgehead atoms. The monoisotopic (exact) mass is 405 g/mol. The van der Waals surface area contributed by atoms with Crippen LogP contribution in [0.1, 0.15) is 61.3 Å². The minimum atomic E-state index is -0.517. The van der Waals surface area contributed by atoms with Gasteiger partial charge < -0.3 is 15.2 Å². The second-order valence-corrected chi connectivity index (χ2v) is 8.83. The van der Waals surface area contributed by atoms with Crippen LogP contribution >= 0.6 is 0 Å². The molecule has 4 aromatic heterocycles. The number of pyridine rings is 1. The van der Waals surface area contributed by atoms with Crippen molar-refractivity contribution in [3.05, 3.63) is 35.3 Å². The van der Waals surface area contributed by atoms with Gasteiger partial charge in [0, 0.05) is 17.8 Å². The third-order valence-electron chi connectivity index (χ3n) is 5.33. The van der Waals surface area contributed by atoms with Crippen molar-refractivity contribution in [3.63, 3.8) is 0 Å². The van der Waals surface area contributed by atoms with E-state index >= 15 is 0 Å². The fourth-order valence-electron chi connectivity index (χ4n) is 3.64. The summed E-state index contributed by atoms with van der Waals surface area (Å²) in [6.45, 7) is 8.29. The lowest BCUT2D eigenvalue weighted by molar-refractivity contribution is 0.100. The molecule has 0 spiro atoms. The fourth-order valence-corrected chi connectivity index (χ4v) is 3.64. The minimum Gasteiger partial charge on any atom is -0.366 e. The predicted octanol–water partition coefficient (Wildman–Crippen LogP) is 3.52. The molecule has 1 amide bonds. The molecule has 0 radical (unpaired) electrons. The van der Waals surface area contributed by atoms with Crippen LogP contribution in [0.25, 0.3) is 34.0 Å². The summed E-state index contributed by atoms with van der Waals surface area (Å²) in [4.78, 5) is 23.9. The number of nitrogens with zero attached hydrogens (tertiary/aromatic N) is 5. The van der Waals surface area contributed by atoms with Crippen molar-refractivity contribution in [1.29, 1.82) is 0 Å². The maximum absolute atomic E-state index is 11.4. The Kier molecular flexibility index (Phi) is 3.86. The third-order valence-corrected chi connectivity index (χ3v) is 5.33. The average Bonchev–Trinajstić information content (AvgIpc) is 3.09. The lowest BCUT2D eigenvalue weighted by atomic mass is 10.1. The SMILES string of the molecule is Cc1nn(C(C)(C)C)c2nc(C3CC3)cc(-c3nc(-c4cc(C(N)=O)c[nH]4)no3)c12. The summed E-state index contributed by atoms with van der Waals surface area (Å²) in [6.07, 6.45) is 3.79. The molecule has 1 aliphatic rings. The fraction of sp³-hybridized carbons (Fsp3) is 0.381. The van der Waals surface area contributed by atoms with E-state index in [0.29, 0.717) is 28.9 Å². The van der Waals surface area contributed by atoms with Gasteiger partial charge in [-0.15, -0.1) is 0 Å². The average molecular weight is 405 g/mol. The Hall–Kier alpha value is -3.49. The number of hydrogen-bond donors (Lipinski definition) is 2. The molecule has 9 heteroatoms. The summed E-state index contributed by atoms with van der Waals surface area (Å²) in [6, 6.07) is 3.65. The number of fused-ring (bicyclic) bond motifs is 1. The highest BCUT2D eigenvalue weighted by atomic mass is 16.5. The first kappa shape index (κ1) is 18.5. The summed E-state index contributed by atoms with van der Waals surface area (Å²) < 4.78 is 7.59. The minimum absolute atomic E-state index is 0.214. The Morgan fingerprint density at radius 2 is 2.03 bits per heavy atom. The summed E-state index contributed by atoms with van der Waals surface area (Å²) in [5.41, 5.74) is 9.59. The van der Waals surface area contributed by atoms with Crippen LogP contribution in [0.15, 0.2) is 22.9 Å². The standard InChI is InChI=1S/C21H23N7O2/c1-10-16-13(20-25-18(27-30-20)15-7-12(9-23-15)17(22)29)8-14(11-5-6-11)24-19(16)28(26-10)21(2,3)4/h7-9,11,23H,5-6H2,1-4H3,(H2,22,29). The predicted molar refractivity (Wildman–Crippen MR) is 111 cm³/mol. The highest BCUT2D eigenvalue weighted by Gasteiger charge is 2.30. The lowest BCUT2D eigenvalue weighted by Crippen LogP contribution is -2.23. The van der Waals surface area contributed by atoms with E-state index < -0.39 is 5.91 Å². The van der Waals surface area contributed by atoms with Gasteiger partial charge in [0.25, 0.3) is 5.89 Å². The molecule has 154 valence electrons. The number of rotatable bonds is 4. The van der Waals surface area contributed by atoms with Crippen LogP contribution in [0.3, 0.4) is 0 Å². The van der Waals surface area contributed by atoms with Crippen molar-refractivity contribution in [2.75, 3.05) is 0 Å². The van der Waals surface area contributed by atoms with Gasteiger partial charge in [-0.3, -0.25) is 4.79 Å². The smallest absolute Gasteiger partial charge is 0.259 e. The number of nitrogens with one attached hydrogen (secondary N) is 1. The third kappa shape index (κ3) is 2.97. The maximum Gasteiger partial charge on any atom is 0.259 e. The second kappa shape index (κ2) is 6.25. The molecular weight excluding hydrogens is 382 g/mol. The second-order valence-electron chi connectivity index (χ2n) is 8.83. The Labute approximate surface area is 172 Å². The number of primary amides is 1. The summed E-state index contributed by atoms with van der Waals surface area (Å²) in [5, 5.41) is 9.77. The summed E-state index contributed by atoms with van der Waals surface area (Å²) in [7, 11) is 0. The van der Waals surface area contributed by atoms with E-state index in [4.69, 9.17) is 20.3 Å². The Balaban J connectivity index is 1.68. The van der Waals surface area contributed by atoms with Crippen LogP contribution in [0.2, 0.25) is 0 Å². The van der Waals surface area contributed by atoms with Gasteiger partial charge in [-0.2, -0.15) is 10.1 Å². The number of aromatic nitrogens is 6. The molecular formula is C21H23N7O2. The van der Waals surface area contributed by atoms with Gasteiger partial charge in [0.2, 0.25) is 11.7 Å². The van der Waals surface area contributed by atoms with Crippen LogP contribution in [0, 0.1) is 6.92 Å². The van der Waals surface area contributed by atoms with E-state index in [1.54, 1.807) is 6.07 Å². The van der Waals surface area contributed by atoms with E-state index in [1.807, 2.05) is 17.7 Å². The Bertz CT molecular complexity index is 1280. The number of aryl methyl sites for hydroxylation is 1. The molecule has 5 rings (SSSR count). The zero-order valence-electron chi connectivity index (χ0n) is 17.4. The molecule has 4 heterocycles. The molecule has 0 aromatic carbocycles. The first-order valence-electron chi connectivity index (χ1n) is 9.96. The zero-order chi connectivity index (χ0) is 21.2. The van der Waals surface area contributed by atoms with Crippen molar-refractivity contribution < 1.29 is 9.32 Å². The van der Waals surface area contributed by atoms with E-state index in [0.717, 1.165) is 40.8 Å². The zero-order valence-corrected chi connectivity index (χ0v) is 17.4. The number of hydrogen-bond acceptors (Lipinski definition) is 6. The van der Waals surface area contributed by atoms with E-state index in [-0.39, 0.29) is 5.54 Å². The molecule has 9 nitrogen and oxygen atoms in total. The number of nitrogens with two attached hydrogens (primary N) is 1. The van der Waals surface area contributed by atoms with Crippen LogP contribution in [0.5, 0.6) is 0 Å². The van der Waals surface area contributed by atoms with Gasteiger partial charge in [-0.05, 0) is 52.7 Å². The molecule has 4 aromatic rings. The van der Waals surface area contributed by atoms with Gasteiger partial charge in [-0.25, -0.2) is 9.67 Å². The van der Waals surface area contributed by atoms with Gasteiger partial charge in [0.15, 0.2) is 5.65 Å². The number of carbonyl (C=O) groups is 1. The Morgan fingerprint density at radius 1 is 1.27 bits per heavy atom. The topological polar surface area (TPSA) is 129 Å². The van der Waals surface area contributed by atoms with E-state index in [2.05, 4.69) is 35.9 Å². The molecule has 0 saturated heterocycles. The molecule has 0 atom stereocenters. The summed E-state index contributed by atoms with van der Waals surface area (Å²) in [5.74, 6) is 0.694. The van der Waals surface area contributed by atoms with Crippen molar-refractivity contribution >= 4 is 16.9 Å². The maximum atomic E-state index is 11.4. The first-order valence-corrected chi connectivity index (χ1v) is 9.96. The summed E-state index contributed by atoms with van der Waals surface area (Å²) >= 11 is 0. The highest BCUT2D eigenvalue weighted by Crippen LogP contribution is 2.42. The van der Waals surface area contributed by atoms with Crippen molar-refractivity contribution in [3.8, 4) is 23.0 Å². The van der Waals surface area contributed by atoms with Crippen molar-refractivity contribution in [2.24, 2.45) is 5.73 Å². The van der Waals surface area contributed by atoms with Gasteiger partial charge >= 0.3 is 0 Å². The van der Waals surface area contributed by atoms with Crippen LogP contribution in [-0.2, 0) is 5.54 Å². The molecule has 3 N–H and O–H groups in total. The Morgan fingerprint density at radius 3 is 2.67 bits per heavy atom. The lowest BCUT2D eigenvalue weighted by Gasteiger charge is -2.20. The molecule has 0 aliphatic heterocycles. The molecule has 1 saturated carbocycles. The van der Waals surface area contributed by atoms with Crippen molar-refractivity contribution in [2.45, 2.75) is 52.0 Å². The van der Waals surface area contributed by atoms with Gasteiger partial charge in [0.1, 0.15) is 0 Å². The normalized spacial score (nSPS) is 14.5. The van der Waals surface area contributed by atoms with E-state index in [1.165, 1.54) is 6.20 Å². The first-order chi connectivity index (χ1) is 14.2. The molecule has 30 heavy (non-hydrogen) atoms. The number of amides is 1. The highest BCUT2D eigenvalue weighted by molar-refractivity contribution is 5.94. The molecule has 0 unspecified atom stereocenters. The van der Waals surface area contributed by atoms with Gasteiger partial charge in [-0.1, -0.05) is 5.16 Å².